The van der Waals surface area contributed by atoms with Gasteiger partial charge in [0, 0.05) is 23.5 Å². The van der Waals surface area contributed by atoms with Crippen LogP contribution in [0.15, 0.2) is 60.9 Å². The maximum atomic E-state index is 12.3. The minimum Gasteiger partial charge on any atom is -0.462 e. The van der Waals surface area contributed by atoms with Gasteiger partial charge in [-0.15, -0.1) is 0 Å². The molecule has 0 aliphatic carbocycles. The van der Waals surface area contributed by atoms with E-state index in [-0.39, 0.29) is 11.9 Å². The summed E-state index contributed by atoms with van der Waals surface area (Å²) in [5.74, 6) is 11.8. The molecule has 0 N–H and O–H groups in total. The maximum absolute atomic E-state index is 12.3. The van der Waals surface area contributed by atoms with Gasteiger partial charge in [-0.2, -0.15) is 0 Å². The highest BCUT2D eigenvalue weighted by atomic mass is 16.5. The SMILES string of the molecule is CCCCCCCCOC(=O)c1ccc(C#Cc2cnc(C#Cc3ccc(C(=O)OCCCCCCCC)cc3)nc2)cc1. The number of ether oxygens (including phenoxy) is 2. The highest BCUT2D eigenvalue weighted by molar-refractivity contribution is 5.90. The monoisotopic (exact) mass is 592 g/mol. The lowest BCUT2D eigenvalue weighted by atomic mass is 10.1. The Morgan fingerprint density at radius 3 is 1.36 bits per heavy atom. The molecular weight excluding hydrogens is 548 g/mol. The third-order valence-corrected chi connectivity index (χ3v) is 7.02. The zero-order valence-electron chi connectivity index (χ0n) is 26.2. The van der Waals surface area contributed by atoms with Gasteiger partial charge in [-0.05, 0) is 67.3 Å². The van der Waals surface area contributed by atoms with Gasteiger partial charge in [-0.25, -0.2) is 19.6 Å². The fourth-order valence-electron chi connectivity index (χ4n) is 4.37. The lowest BCUT2D eigenvalue weighted by Crippen LogP contribution is -2.06. The second-order valence-corrected chi connectivity index (χ2v) is 10.8. The average Bonchev–Trinajstić information content (AvgIpc) is 3.06. The predicted octanol–water partition coefficient (Wildman–Crippen LogP) is 8.31. The van der Waals surface area contributed by atoms with Crippen LogP contribution in [-0.2, 0) is 9.47 Å². The fraction of sp³-hybridized carbons (Fsp3) is 0.421. The van der Waals surface area contributed by atoms with E-state index in [1.54, 1.807) is 60.9 Å². The van der Waals surface area contributed by atoms with Crippen molar-refractivity contribution in [3.63, 3.8) is 0 Å². The molecule has 0 saturated heterocycles. The molecule has 0 aliphatic heterocycles. The lowest BCUT2D eigenvalue weighted by Gasteiger charge is -2.05. The Bertz CT molecular complexity index is 1300. The molecule has 0 unspecified atom stereocenters. The number of aromatic nitrogens is 2. The van der Waals surface area contributed by atoms with Crippen molar-refractivity contribution in [1.82, 2.24) is 9.97 Å². The van der Waals surface area contributed by atoms with E-state index in [1.807, 2.05) is 0 Å². The largest absolute Gasteiger partial charge is 0.462 e. The summed E-state index contributed by atoms with van der Waals surface area (Å²) in [6, 6.07) is 14.1. The Hall–Kier alpha value is -4.42. The number of esters is 2. The van der Waals surface area contributed by atoms with Crippen LogP contribution in [0, 0.1) is 23.7 Å². The summed E-state index contributed by atoms with van der Waals surface area (Å²) in [4.78, 5) is 33.1. The normalized spacial score (nSPS) is 10.2. The Balaban J connectivity index is 1.42. The summed E-state index contributed by atoms with van der Waals surface area (Å²) in [5.41, 5.74) is 3.21. The molecule has 6 nitrogen and oxygen atoms in total. The van der Waals surface area contributed by atoms with Crippen molar-refractivity contribution >= 4 is 11.9 Å². The van der Waals surface area contributed by atoms with E-state index in [0.29, 0.717) is 35.7 Å². The van der Waals surface area contributed by atoms with Crippen molar-refractivity contribution in [2.24, 2.45) is 0 Å². The average molecular weight is 593 g/mol. The van der Waals surface area contributed by atoms with Gasteiger partial charge in [0.1, 0.15) is 0 Å². The molecule has 0 spiro atoms. The number of unbranched alkanes of at least 4 members (excludes halogenated alkanes) is 10. The van der Waals surface area contributed by atoms with E-state index >= 15 is 0 Å². The molecule has 3 aromatic rings. The summed E-state index contributed by atoms with van der Waals surface area (Å²) >= 11 is 0. The van der Waals surface area contributed by atoms with Crippen LogP contribution in [0.3, 0.4) is 0 Å². The van der Waals surface area contributed by atoms with E-state index < -0.39 is 0 Å². The fourth-order valence-corrected chi connectivity index (χ4v) is 4.37. The van der Waals surface area contributed by atoms with Crippen molar-refractivity contribution in [3.8, 4) is 23.7 Å². The molecule has 3 rings (SSSR count). The number of hydrogen-bond donors (Lipinski definition) is 0. The Kier molecular flexibility index (Phi) is 15.9. The first-order chi connectivity index (χ1) is 21.6. The van der Waals surface area contributed by atoms with Crippen LogP contribution in [-0.4, -0.2) is 35.1 Å². The number of carbonyl (C=O) groups is 2. The number of benzene rings is 2. The van der Waals surface area contributed by atoms with Crippen LogP contribution in [0.1, 0.15) is 134 Å². The second-order valence-electron chi connectivity index (χ2n) is 10.8. The molecular formula is C38H44N2O4. The highest BCUT2D eigenvalue weighted by Gasteiger charge is 2.07. The van der Waals surface area contributed by atoms with E-state index in [0.717, 1.165) is 36.8 Å². The van der Waals surface area contributed by atoms with Gasteiger partial charge in [-0.1, -0.05) is 95.8 Å². The highest BCUT2D eigenvalue weighted by Crippen LogP contribution is 2.10. The van der Waals surface area contributed by atoms with Crippen LogP contribution in [0.2, 0.25) is 0 Å². The minimum atomic E-state index is -0.310. The molecule has 0 aliphatic rings. The van der Waals surface area contributed by atoms with Gasteiger partial charge in [0.15, 0.2) is 0 Å². The maximum Gasteiger partial charge on any atom is 0.338 e. The van der Waals surface area contributed by atoms with Crippen LogP contribution >= 0.6 is 0 Å². The first-order valence-corrected chi connectivity index (χ1v) is 16.0. The van der Waals surface area contributed by atoms with Crippen molar-refractivity contribution in [2.75, 3.05) is 13.2 Å². The second kappa shape index (κ2) is 20.5. The number of hydrogen-bond acceptors (Lipinski definition) is 6. The van der Waals surface area contributed by atoms with Gasteiger partial charge in [0.25, 0.3) is 0 Å². The van der Waals surface area contributed by atoms with Crippen LogP contribution in [0.25, 0.3) is 0 Å². The van der Waals surface area contributed by atoms with E-state index in [2.05, 4.69) is 47.5 Å². The zero-order chi connectivity index (χ0) is 31.2. The van der Waals surface area contributed by atoms with Gasteiger partial charge in [-0.3, -0.25) is 0 Å². The quantitative estimate of drug-likeness (QED) is 0.0946. The molecule has 2 aromatic carbocycles. The number of nitrogens with zero attached hydrogens (tertiary/aromatic N) is 2. The Morgan fingerprint density at radius 1 is 0.523 bits per heavy atom. The smallest absolute Gasteiger partial charge is 0.338 e. The van der Waals surface area contributed by atoms with Crippen LogP contribution in [0.5, 0.6) is 0 Å². The number of rotatable bonds is 16. The standard InChI is InChI=1S/C38H44N2O4/c1-3-5-7-9-11-13-27-43-37(41)34-22-17-31(18-23-34)15-16-33-29-39-36(40-30-33)26-21-32-19-24-35(25-20-32)38(42)44-28-14-12-10-8-6-4-2/h17-20,22-25,29-30H,3-14,27-28H2,1-2H3. The summed E-state index contributed by atoms with van der Waals surface area (Å²) in [7, 11) is 0. The predicted molar refractivity (Wildman–Crippen MR) is 174 cm³/mol. The molecule has 230 valence electrons. The molecule has 0 saturated carbocycles. The molecule has 6 heteroatoms. The van der Waals surface area contributed by atoms with Gasteiger partial charge in [0.2, 0.25) is 5.82 Å². The Morgan fingerprint density at radius 2 is 0.909 bits per heavy atom. The number of carbonyl (C=O) groups excluding carboxylic acids is 2. The minimum absolute atomic E-state index is 0.305. The van der Waals surface area contributed by atoms with Crippen LogP contribution in [0.4, 0.5) is 0 Å². The summed E-state index contributed by atoms with van der Waals surface area (Å²) in [5, 5.41) is 0. The van der Waals surface area contributed by atoms with Crippen molar-refractivity contribution < 1.29 is 19.1 Å². The molecule has 0 bridgehead atoms. The van der Waals surface area contributed by atoms with Gasteiger partial charge < -0.3 is 9.47 Å². The molecule has 0 radical (unpaired) electrons. The van der Waals surface area contributed by atoms with Crippen molar-refractivity contribution in [1.29, 1.82) is 0 Å². The lowest BCUT2D eigenvalue weighted by molar-refractivity contribution is 0.0488. The van der Waals surface area contributed by atoms with Gasteiger partial charge >= 0.3 is 11.9 Å². The first kappa shape index (κ1) is 34.1. The van der Waals surface area contributed by atoms with Gasteiger partial charge in [0.05, 0.1) is 29.9 Å². The third-order valence-electron chi connectivity index (χ3n) is 7.02. The zero-order valence-corrected chi connectivity index (χ0v) is 26.2. The van der Waals surface area contributed by atoms with Crippen molar-refractivity contribution in [3.05, 3.63) is 94.6 Å². The summed E-state index contributed by atoms with van der Waals surface area (Å²) in [6.07, 6.45) is 17.1. The molecule has 0 atom stereocenters. The Labute approximate surface area is 263 Å². The molecule has 0 fully saturated rings. The topological polar surface area (TPSA) is 78.4 Å². The molecule has 44 heavy (non-hydrogen) atoms. The molecule has 1 heterocycles. The summed E-state index contributed by atoms with van der Waals surface area (Å²) < 4.78 is 10.8. The van der Waals surface area contributed by atoms with E-state index in [1.165, 1.54) is 51.4 Å². The first-order valence-electron chi connectivity index (χ1n) is 16.0. The molecule has 1 aromatic heterocycles. The van der Waals surface area contributed by atoms with E-state index in [4.69, 9.17) is 9.47 Å². The summed E-state index contributed by atoms with van der Waals surface area (Å²) in [6.45, 7) is 5.30. The molecule has 0 amide bonds. The third kappa shape index (κ3) is 13.3. The van der Waals surface area contributed by atoms with E-state index in [9.17, 15) is 9.59 Å². The van der Waals surface area contributed by atoms with Crippen molar-refractivity contribution in [2.45, 2.75) is 90.9 Å². The van der Waals surface area contributed by atoms with Crippen LogP contribution < -0.4 is 0 Å².